The van der Waals surface area contributed by atoms with Crippen LogP contribution in [0.5, 0.6) is 5.75 Å². The van der Waals surface area contributed by atoms with E-state index in [2.05, 4.69) is 68.8 Å². The quantitative estimate of drug-likeness (QED) is 0.121. The minimum Gasteiger partial charge on any atom is -0.493 e. The van der Waals surface area contributed by atoms with E-state index in [-0.39, 0.29) is 18.6 Å². The molecule has 1 fully saturated rings. The number of nitrogens with zero attached hydrogens (tertiary/aromatic N) is 3. The lowest BCUT2D eigenvalue weighted by atomic mass is 9.99. The number of aromatic nitrogens is 3. The maximum Gasteiger partial charge on any atom is 0.249 e. The van der Waals surface area contributed by atoms with Gasteiger partial charge in [-0.3, -0.25) is 9.78 Å². The van der Waals surface area contributed by atoms with E-state index >= 15 is 0 Å². The average Bonchev–Trinajstić information content (AvgIpc) is 3.50. The van der Waals surface area contributed by atoms with Crippen molar-refractivity contribution in [2.24, 2.45) is 0 Å². The summed E-state index contributed by atoms with van der Waals surface area (Å²) < 4.78 is 11.9. The van der Waals surface area contributed by atoms with E-state index < -0.39 is 0 Å². The van der Waals surface area contributed by atoms with E-state index in [1.807, 2.05) is 48.2 Å². The van der Waals surface area contributed by atoms with E-state index in [4.69, 9.17) is 9.47 Å². The van der Waals surface area contributed by atoms with Crippen LogP contribution in [0.1, 0.15) is 40.4 Å². The maximum atomic E-state index is 13.2. The molecule has 1 amide bonds. The Hall–Kier alpha value is -4.18. The lowest BCUT2D eigenvalue weighted by Gasteiger charge is -2.36. The second-order valence-corrected chi connectivity index (χ2v) is 12.2. The van der Waals surface area contributed by atoms with Crippen molar-refractivity contribution in [3.8, 4) is 5.75 Å². The van der Waals surface area contributed by atoms with Gasteiger partial charge in [0, 0.05) is 43.6 Å². The van der Waals surface area contributed by atoms with Crippen LogP contribution in [-0.4, -0.2) is 65.2 Å². The Morgan fingerprint density at radius 2 is 1.78 bits per heavy atom. The number of H-pyrrole nitrogens is 1. The molecule has 1 aliphatic heterocycles. The third-order valence-corrected chi connectivity index (χ3v) is 8.95. The predicted octanol–water partition coefficient (Wildman–Crippen LogP) is 6.11. The van der Waals surface area contributed by atoms with Crippen molar-refractivity contribution in [3.63, 3.8) is 0 Å². The number of thioether (sulfide) groups is 1. The van der Waals surface area contributed by atoms with Crippen LogP contribution in [-0.2, 0) is 21.7 Å². The third kappa shape index (κ3) is 8.11. The zero-order chi connectivity index (χ0) is 30.8. The highest BCUT2D eigenvalue weighted by Gasteiger charge is 2.27. The molecular formula is C36H39N5O3S. The van der Waals surface area contributed by atoms with Gasteiger partial charge in [-0.15, -0.1) is 0 Å². The number of para-hydroxylation sites is 2. The van der Waals surface area contributed by atoms with Crippen LogP contribution in [0, 0.1) is 6.92 Å². The molecule has 1 saturated heterocycles. The smallest absolute Gasteiger partial charge is 0.249 e. The van der Waals surface area contributed by atoms with Crippen LogP contribution in [0.25, 0.3) is 11.0 Å². The average molecular weight is 622 g/mol. The van der Waals surface area contributed by atoms with Gasteiger partial charge in [0.1, 0.15) is 12.4 Å². The van der Waals surface area contributed by atoms with Crippen LogP contribution in [0.15, 0.2) is 96.3 Å². The van der Waals surface area contributed by atoms with Gasteiger partial charge in [0.15, 0.2) is 5.16 Å². The normalized spacial score (nSPS) is 15.0. The number of benzene rings is 3. The highest BCUT2D eigenvalue weighted by molar-refractivity contribution is 7.98. The van der Waals surface area contributed by atoms with Gasteiger partial charge in [0.05, 0.1) is 36.0 Å². The second kappa shape index (κ2) is 15.2. The van der Waals surface area contributed by atoms with E-state index in [9.17, 15) is 4.79 Å². The first-order chi connectivity index (χ1) is 22.1. The molecule has 8 nitrogen and oxygen atoms in total. The van der Waals surface area contributed by atoms with E-state index in [0.717, 1.165) is 58.3 Å². The van der Waals surface area contributed by atoms with Crippen molar-refractivity contribution in [2.45, 2.75) is 36.7 Å². The van der Waals surface area contributed by atoms with Crippen LogP contribution < -0.4 is 10.1 Å². The minimum atomic E-state index is -0.00201. The lowest BCUT2D eigenvalue weighted by Crippen LogP contribution is -2.49. The summed E-state index contributed by atoms with van der Waals surface area (Å²) in [6.07, 6.45) is 3.37. The molecular weight excluding hydrogens is 582 g/mol. The van der Waals surface area contributed by atoms with Gasteiger partial charge in [0.25, 0.3) is 0 Å². The summed E-state index contributed by atoms with van der Waals surface area (Å²) >= 11 is 1.63. The molecule has 0 bridgehead atoms. The molecule has 0 radical (unpaired) electrons. The molecule has 45 heavy (non-hydrogen) atoms. The lowest BCUT2D eigenvalue weighted by molar-refractivity contribution is -0.139. The molecule has 2 aromatic heterocycles. The van der Waals surface area contributed by atoms with E-state index in [1.165, 1.54) is 11.1 Å². The number of hydrogen-bond donors (Lipinski definition) is 2. The number of carbonyl (C=O) groups excluding carboxylic acids is 1. The Labute approximate surface area is 268 Å². The summed E-state index contributed by atoms with van der Waals surface area (Å²) in [5.41, 5.74) is 7.68. The number of piperazine rings is 1. The molecule has 1 unspecified atom stereocenters. The summed E-state index contributed by atoms with van der Waals surface area (Å²) in [5.74, 6) is 1.53. The number of ether oxygens (including phenoxy) is 2. The SMILES string of the molecule is Cc1c(OCCCOCC(=O)N2CCNCC2c2ccc(Cc3ccccc3)cc2)ccnc1CSc1nc2ccccc2[nH]1. The Morgan fingerprint density at radius 1 is 0.978 bits per heavy atom. The number of imidazole rings is 1. The fraction of sp³-hybridized carbons (Fsp3) is 0.306. The number of fused-ring (bicyclic) bond motifs is 1. The molecule has 1 atom stereocenters. The zero-order valence-corrected chi connectivity index (χ0v) is 26.4. The third-order valence-electron chi connectivity index (χ3n) is 8.07. The van der Waals surface area contributed by atoms with Crippen molar-refractivity contribution in [3.05, 3.63) is 119 Å². The van der Waals surface area contributed by atoms with Crippen LogP contribution in [0.3, 0.4) is 0 Å². The van der Waals surface area contributed by atoms with Crippen molar-refractivity contribution in [2.75, 3.05) is 39.5 Å². The topological polar surface area (TPSA) is 92.4 Å². The van der Waals surface area contributed by atoms with Gasteiger partial charge in [-0.25, -0.2) is 4.98 Å². The molecule has 3 aromatic carbocycles. The first kappa shape index (κ1) is 30.8. The van der Waals surface area contributed by atoms with Crippen molar-refractivity contribution >= 4 is 28.7 Å². The summed E-state index contributed by atoms with van der Waals surface area (Å²) in [6, 6.07) is 29.0. The number of rotatable bonds is 13. The van der Waals surface area contributed by atoms with Crippen LogP contribution >= 0.6 is 11.8 Å². The van der Waals surface area contributed by atoms with Gasteiger partial charge in [-0.1, -0.05) is 78.5 Å². The van der Waals surface area contributed by atoms with Gasteiger partial charge < -0.3 is 24.7 Å². The van der Waals surface area contributed by atoms with Gasteiger partial charge in [0.2, 0.25) is 5.91 Å². The van der Waals surface area contributed by atoms with E-state index in [1.54, 1.807) is 18.0 Å². The molecule has 5 aromatic rings. The molecule has 9 heteroatoms. The van der Waals surface area contributed by atoms with E-state index in [0.29, 0.717) is 31.9 Å². The highest BCUT2D eigenvalue weighted by Crippen LogP contribution is 2.27. The molecule has 2 N–H and O–H groups in total. The first-order valence-electron chi connectivity index (χ1n) is 15.5. The van der Waals surface area contributed by atoms with Gasteiger partial charge >= 0.3 is 0 Å². The Bertz CT molecular complexity index is 1660. The van der Waals surface area contributed by atoms with Crippen LogP contribution in [0.2, 0.25) is 0 Å². The molecule has 0 saturated carbocycles. The molecule has 6 rings (SSSR count). The van der Waals surface area contributed by atoms with Crippen LogP contribution in [0.4, 0.5) is 0 Å². The van der Waals surface area contributed by atoms with Crippen molar-refractivity contribution < 1.29 is 14.3 Å². The highest BCUT2D eigenvalue weighted by atomic mass is 32.2. The fourth-order valence-electron chi connectivity index (χ4n) is 5.57. The minimum absolute atomic E-state index is 0.00201. The molecule has 0 spiro atoms. The molecule has 0 aliphatic carbocycles. The first-order valence-corrected chi connectivity index (χ1v) is 16.5. The standard InChI is InChI=1S/C36H39N5O3S/c1-26-32(25-45-36-39-30-10-5-6-11-31(30)40-36)38-17-16-34(26)44-21-7-20-43-24-35(42)41-19-18-37-23-33(41)29-14-12-28(13-15-29)22-27-8-3-2-4-9-27/h2-6,8-17,33,37H,7,18-25H2,1H3,(H,39,40). The van der Waals surface area contributed by atoms with Gasteiger partial charge in [-0.05, 0) is 48.2 Å². The second-order valence-electron chi connectivity index (χ2n) is 11.2. The number of aromatic amines is 1. The predicted molar refractivity (Wildman–Crippen MR) is 179 cm³/mol. The number of pyridine rings is 1. The van der Waals surface area contributed by atoms with Crippen molar-refractivity contribution in [1.29, 1.82) is 0 Å². The summed E-state index contributed by atoms with van der Waals surface area (Å²) in [6.45, 7) is 5.25. The monoisotopic (exact) mass is 621 g/mol. The number of nitrogens with one attached hydrogen (secondary N) is 2. The molecule has 1 aliphatic rings. The Morgan fingerprint density at radius 3 is 2.62 bits per heavy atom. The largest absolute Gasteiger partial charge is 0.493 e. The Kier molecular flexibility index (Phi) is 10.4. The number of hydrogen-bond acceptors (Lipinski definition) is 7. The summed E-state index contributed by atoms with van der Waals surface area (Å²) in [5, 5.41) is 4.31. The van der Waals surface area contributed by atoms with Gasteiger partial charge in [-0.2, -0.15) is 0 Å². The molecule has 232 valence electrons. The molecule has 3 heterocycles. The number of amides is 1. The summed E-state index contributed by atoms with van der Waals surface area (Å²) in [4.78, 5) is 27.7. The fourth-order valence-corrected chi connectivity index (χ4v) is 6.48. The Balaban J connectivity index is 0.934. The zero-order valence-electron chi connectivity index (χ0n) is 25.6. The summed E-state index contributed by atoms with van der Waals surface area (Å²) in [7, 11) is 0. The number of carbonyl (C=O) groups is 1. The van der Waals surface area contributed by atoms with Crippen molar-refractivity contribution in [1.82, 2.24) is 25.2 Å². The maximum absolute atomic E-state index is 13.2.